The van der Waals surface area contributed by atoms with Gasteiger partial charge in [-0.25, -0.2) is 4.79 Å². The van der Waals surface area contributed by atoms with Crippen molar-refractivity contribution in [1.82, 2.24) is 0 Å². The second-order valence-electron chi connectivity index (χ2n) is 19.5. The summed E-state index contributed by atoms with van der Waals surface area (Å²) in [6.45, 7) is 12.1. The number of fused-ring (bicyclic) bond motifs is 5. The second kappa shape index (κ2) is 18.9. The number of rotatable bonds is 12. The molecule has 18 atom stereocenters. The van der Waals surface area contributed by atoms with Gasteiger partial charge in [-0.15, -0.1) is 0 Å². The highest BCUT2D eigenvalue weighted by atomic mass is 16.8. The van der Waals surface area contributed by atoms with Crippen molar-refractivity contribution in [2.75, 3.05) is 20.3 Å². The zero-order chi connectivity index (χ0) is 46.5. The highest BCUT2D eigenvalue weighted by molar-refractivity contribution is 5.85. The minimum absolute atomic E-state index is 0.0897. The molecule has 4 saturated carbocycles. The average molecular weight is 907 g/mol. The van der Waals surface area contributed by atoms with Gasteiger partial charge in [0.2, 0.25) is 0 Å². The molecule has 18 heteroatoms. The number of ether oxygens (including phenoxy) is 11. The lowest BCUT2D eigenvalue weighted by Crippen LogP contribution is -2.65. The van der Waals surface area contributed by atoms with E-state index >= 15 is 0 Å². The first-order valence-electron chi connectivity index (χ1n) is 22.8. The van der Waals surface area contributed by atoms with E-state index in [4.69, 9.17) is 52.1 Å². The quantitative estimate of drug-likeness (QED) is 0.167. The van der Waals surface area contributed by atoms with Crippen LogP contribution in [0.3, 0.4) is 0 Å². The Hall–Kier alpha value is -3.68. The van der Waals surface area contributed by atoms with Crippen molar-refractivity contribution < 1.29 is 86.0 Å². The lowest BCUT2D eigenvalue weighted by molar-refractivity contribution is -0.339. The zero-order valence-corrected chi connectivity index (χ0v) is 38.4. The molecule has 3 heterocycles. The molecule has 358 valence electrons. The van der Waals surface area contributed by atoms with Gasteiger partial charge in [0, 0.05) is 53.2 Å². The van der Waals surface area contributed by atoms with E-state index in [-0.39, 0.29) is 46.6 Å². The van der Waals surface area contributed by atoms with Gasteiger partial charge >= 0.3 is 35.8 Å². The normalized spacial score (nSPS) is 43.9. The van der Waals surface area contributed by atoms with Crippen molar-refractivity contribution in [3.8, 4) is 0 Å². The standard InChI is InChI=1S/C46H66O18/c1-22-36(58-23(2)47)38(54-9)40(61-26(5)50)42(57-22)56-21-34-37(59-24(3)48)39(60-25(4)49)41(62-27(6)51)43(64-34)63-30-12-15-44(7)29(19-30)10-11-33-32(44)13-16-45(8)31(14-17-46(33,45)53)28-18-35(52)55-20-28/h18,22,29-34,36-43,53H,10-17,19-21H2,1-9H3/t22?,29?,30?,31?,32?,33?,34?,36-,37-,38?,39+,40-,41-,42?,43?,44?,45?,46?/m1/s1. The van der Waals surface area contributed by atoms with Crippen LogP contribution in [0.15, 0.2) is 11.6 Å². The SMILES string of the molecule is COC1[C@H](OC(C)=O)C(C)OC(OCC2OC(OC3CCC4(C)C(CCC5C4CCC4(C)C(C6=CC(=O)OC6)CCC54O)C3)[C@H](OC(C)=O)[C@@H](OC(C)=O)[C@@H]2OC(C)=O)[C@@H]1OC(C)=O. The van der Waals surface area contributed by atoms with Gasteiger partial charge in [-0.2, -0.15) is 0 Å². The van der Waals surface area contributed by atoms with Crippen LogP contribution in [0.4, 0.5) is 0 Å². The summed E-state index contributed by atoms with van der Waals surface area (Å²) in [6.07, 6.45) is -3.57. The maximum Gasteiger partial charge on any atom is 0.331 e. The number of carbonyl (C=O) groups excluding carboxylic acids is 6. The predicted molar refractivity (Wildman–Crippen MR) is 218 cm³/mol. The van der Waals surface area contributed by atoms with E-state index < -0.39 is 103 Å². The molecule has 0 spiro atoms. The summed E-state index contributed by atoms with van der Waals surface area (Å²) >= 11 is 0. The van der Waals surface area contributed by atoms with Gasteiger partial charge in [0.1, 0.15) is 18.8 Å². The third kappa shape index (κ3) is 9.20. The van der Waals surface area contributed by atoms with Crippen LogP contribution in [0.1, 0.15) is 113 Å². The summed E-state index contributed by atoms with van der Waals surface area (Å²) in [5.41, 5.74) is -0.313. The fraction of sp³-hybridized carbons (Fsp3) is 0.826. The van der Waals surface area contributed by atoms with Crippen LogP contribution in [0, 0.1) is 34.5 Å². The van der Waals surface area contributed by atoms with E-state index in [0.29, 0.717) is 25.9 Å². The van der Waals surface area contributed by atoms with Gasteiger partial charge in [-0.3, -0.25) is 24.0 Å². The Kier molecular flexibility index (Phi) is 14.3. The first-order valence-corrected chi connectivity index (χ1v) is 22.8. The second-order valence-corrected chi connectivity index (χ2v) is 19.5. The average Bonchev–Trinajstić information content (AvgIpc) is 3.76. The molecule has 64 heavy (non-hydrogen) atoms. The molecule has 2 saturated heterocycles. The highest BCUT2D eigenvalue weighted by Crippen LogP contribution is 2.70. The molecule has 0 aromatic carbocycles. The third-order valence-electron chi connectivity index (χ3n) is 15.8. The molecule has 0 bridgehead atoms. The number of methoxy groups -OCH3 is 1. The van der Waals surface area contributed by atoms with E-state index in [1.807, 2.05) is 0 Å². The van der Waals surface area contributed by atoms with Crippen molar-refractivity contribution in [2.24, 2.45) is 34.5 Å². The van der Waals surface area contributed by atoms with Crippen molar-refractivity contribution in [2.45, 2.75) is 186 Å². The number of aliphatic hydroxyl groups is 1. The third-order valence-corrected chi connectivity index (χ3v) is 15.8. The molecular weight excluding hydrogens is 840 g/mol. The number of hydrogen-bond donors (Lipinski definition) is 1. The molecule has 1 N–H and O–H groups in total. The largest absolute Gasteiger partial charge is 0.458 e. The highest BCUT2D eigenvalue weighted by Gasteiger charge is 2.68. The Morgan fingerprint density at radius 3 is 1.92 bits per heavy atom. The van der Waals surface area contributed by atoms with Gasteiger partial charge in [0.15, 0.2) is 43.1 Å². The van der Waals surface area contributed by atoms with Gasteiger partial charge in [0.05, 0.1) is 24.4 Å². The minimum Gasteiger partial charge on any atom is -0.458 e. The van der Waals surface area contributed by atoms with Crippen LogP contribution < -0.4 is 0 Å². The topological polar surface area (TPSA) is 224 Å². The molecule has 13 unspecified atom stereocenters. The zero-order valence-electron chi connectivity index (χ0n) is 38.4. The monoisotopic (exact) mass is 906 g/mol. The first-order chi connectivity index (χ1) is 30.2. The lowest BCUT2D eigenvalue weighted by Gasteiger charge is -2.64. The molecule has 0 aromatic rings. The van der Waals surface area contributed by atoms with Crippen molar-refractivity contribution >= 4 is 35.8 Å². The summed E-state index contributed by atoms with van der Waals surface area (Å²) in [4.78, 5) is 74.3. The summed E-state index contributed by atoms with van der Waals surface area (Å²) < 4.78 is 64.9. The van der Waals surface area contributed by atoms with Crippen LogP contribution in [0.5, 0.6) is 0 Å². The first kappa shape index (κ1) is 48.3. The molecular formula is C46H66O18. The Labute approximate surface area is 373 Å². The molecule has 0 amide bonds. The van der Waals surface area contributed by atoms with Crippen LogP contribution in [-0.2, 0) is 80.9 Å². The number of cyclic esters (lactones) is 1. The van der Waals surface area contributed by atoms with Gasteiger partial charge in [-0.1, -0.05) is 13.8 Å². The summed E-state index contributed by atoms with van der Waals surface area (Å²) in [5.74, 6) is -3.08. The summed E-state index contributed by atoms with van der Waals surface area (Å²) in [7, 11) is 1.36. The van der Waals surface area contributed by atoms with Gasteiger partial charge in [0.25, 0.3) is 0 Å². The molecule has 18 nitrogen and oxygen atoms in total. The smallest absolute Gasteiger partial charge is 0.331 e. The molecule has 0 aromatic heterocycles. The molecule has 4 aliphatic carbocycles. The summed E-state index contributed by atoms with van der Waals surface area (Å²) in [6, 6.07) is 0. The number of esters is 6. The minimum atomic E-state index is -1.39. The van der Waals surface area contributed by atoms with Gasteiger partial charge in [-0.05, 0) is 99.4 Å². The van der Waals surface area contributed by atoms with Crippen LogP contribution in [-0.4, -0.2) is 134 Å². The molecule has 7 rings (SSSR count). The Bertz CT molecular complexity index is 1830. The number of hydrogen-bond acceptors (Lipinski definition) is 18. The van der Waals surface area contributed by atoms with Crippen molar-refractivity contribution in [3.63, 3.8) is 0 Å². The predicted octanol–water partition coefficient (Wildman–Crippen LogP) is 3.79. The summed E-state index contributed by atoms with van der Waals surface area (Å²) in [5, 5.41) is 12.7. The van der Waals surface area contributed by atoms with E-state index in [1.54, 1.807) is 13.0 Å². The van der Waals surface area contributed by atoms with Crippen molar-refractivity contribution in [1.29, 1.82) is 0 Å². The van der Waals surface area contributed by atoms with E-state index in [1.165, 1.54) is 41.7 Å². The molecule has 3 aliphatic heterocycles. The Morgan fingerprint density at radius 1 is 0.703 bits per heavy atom. The molecule has 0 radical (unpaired) electrons. The Morgan fingerprint density at radius 2 is 1.31 bits per heavy atom. The lowest BCUT2D eigenvalue weighted by atomic mass is 9.43. The van der Waals surface area contributed by atoms with Crippen LogP contribution >= 0.6 is 0 Å². The Balaban J connectivity index is 1.10. The molecule has 7 aliphatic rings. The van der Waals surface area contributed by atoms with E-state index in [2.05, 4.69) is 13.8 Å². The number of carbonyl (C=O) groups is 6. The van der Waals surface area contributed by atoms with E-state index in [0.717, 1.165) is 44.1 Å². The van der Waals surface area contributed by atoms with Crippen LogP contribution in [0.25, 0.3) is 0 Å². The van der Waals surface area contributed by atoms with Crippen molar-refractivity contribution in [3.05, 3.63) is 11.6 Å². The fourth-order valence-electron chi connectivity index (χ4n) is 13.0. The van der Waals surface area contributed by atoms with E-state index in [9.17, 15) is 33.9 Å². The van der Waals surface area contributed by atoms with Crippen LogP contribution in [0.2, 0.25) is 0 Å². The fourth-order valence-corrected chi connectivity index (χ4v) is 13.0. The molecule has 6 fully saturated rings. The van der Waals surface area contributed by atoms with Gasteiger partial charge < -0.3 is 57.2 Å². The maximum atomic E-state index is 12.7. The maximum absolute atomic E-state index is 12.7.